The molecule has 2 amide bonds. The Labute approximate surface area is 186 Å². The van der Waals surface area contributed by atoms with E-state index in [4.69, 9.17) is 0 Å². The third-order valence-corrected chi connectivity index (χ3v) is 9.20. The summed E-state index contributed by atoms with van der Waals surface area (Å²) in [6.07, 6.45) is 0.569. The van der Waals surface area contributed by atoms with E-state index in [-0.39, 0.29) is 40.5 Å². The standard InChI is InChI=1S/C19H30N4O6S2/c1-6-31(28,29)21-10(3)13-14-9(2)16(15(19(26)27)23(14)18(13)25)30-11-7-12(20-8-11)17(24)22(4)5/h9-14,20-21H,6-8H2,1-5H3,(H,26,27)/t9-,10?,11+,12+,13-,14-/m1/s1. The van der Waals surface area contributed by atoms with Crippen molar-refractivity contribution in [2.24, 2.45) is 11.8 Å². The molecule has 0 aliphatic carbocycles. The Kier molecular flexibility index (Phi) is 6.76. The fraction of sp³-hybridized carbons (Fsp3) is 0.737. The van der Waals surface area contributed by atoms with Crippen LogP contribution in [0.15, 0.2) is 10.6 Å². The smallest absolute Gasteiger partial charge is 0.353 e. The number of carbonyl (C=O) groups excluding carboxylic acids is 2. The van der Waals surface area contributed by atoms with E-state index >= 15 is 0 Å². The van der Waals surface area contributed by atoms with Gasteiger partial charge < -0.3 is 20.2 Å². The average molecular weight is 475 g/mol. The fourth-order valence-electron chi connectivity index (χ4n) is 4.61. The van der Waals surface area contributed by atoms with Gasteiger partial charge in [-0.25, -0.2) is 17.9 Å². The van der Waals surface area contributed by atoms with Gasteiger partial charge in [0.15, 0.2) is 0 Å². The fourth-order valence-corrected chi connectivity index (χ4v) is 6.97. The third kappa shape index (κ3) is 4.35. The quantitative estimate of drug-likeness (QED) is 0.406. The van der Waals surface area contributed by atoms with Crippen LogP contribution in [0.4, 0.5) is 0 Å². The highest BCUT2D eigenvalue weighted by atomic mass is 32.2. The molecule has 3 aliphatic rings. The SMILES string of the molecule is CCS(=O)(=O)NC(C)[C@H]1C(=O)N2C(C(=O)O)=C(S[C@@H]3CN[C@H](C(=O)N(C)C)C3)[C@H](C)[C@H]12. The third-order valence-electron chi connectivity index (χ3n) is 6.20. The lowest BCUT2D eigenvalue weighted by Gasteiger charge is -2.47. The zero-order valence-corrected chi connectivity index (χ0v) is 19.9. The monoisotopic (exact) mass is 474 g/mol. The number of sulfonamides is 1. The number of nitrogens with one attached hydrogen (secondary N) is 2. The Bertz CT molecular complexity index is 918. The summed E-state index contributed by atoms with van der Waals surface area (Å²) in [5, 5.41) is 13.0. The molecular formula is C19H30N4O6S2. The largest absolute Gasteiger partial charge is 0.477 e. The molecule has 0 radical (unpaired) electrons. The number of rotatable bonds is 8. The first kappa shape index (κ1) is 24.0. The number of aliphatic carboxylic acids is 1. The van der Waals surface area contributed by atoms with Crippen LogP contribution in [0.25, 0.3) is 0 Å². The van der Waals surface area contributed by atoms with Crippen LogP contribution < -0.4 is 10.0 Å². The minimum absolute atomic E-state index is 0.00368. The van der Waals surface area contributed by atoms with Crippen molar-refractivity contribution in [2.75, 3.05) is 26.4 Å². The van der Waals surface area contributed by atoms with Crippen molar-refractivity contribution >= 4 is 39.6 Å². The maximum absolute atomic E-state index is 12.8. The summed E-state index contributed by atoms with van der Waals surface area (Å²) in [6, 6.07) is -1.34. The molecule has 1 unspecified atom stereocenters. The van der Waals surface area contributed by atoms with Crippen LogP contribution >= 0.6 is 11.8 Å². The predicted octanol–water partition coefficient (Wildman–Crippen LogP) is -0.361. The van der Waals surface area contributed by atoms with Gasteiger partial charge in [0.1, 0.15) is 5.70 Å². The molecule has 0 saturated carbocycles. The maximum Gasteiger partial charge on any atom is 0.353 e. The van der Waals surface area contributed by atoms with E-state index in [2.05, 4.69) is 10.0 Å². The van der Waals surface area contributed by atoms with Gasteiger partial charge in [0.25, 0.3) is 0 Å². The molecule has 0 spiro atoms. The molecule has 3 heterocycles. The first-order chi connectivity index (χ1) is 14.4. The summed E-state index contributed by atoms with van der Waals surface area (Å²) < 4.78 is 26.4. The number of carbonyl (C=O) groups is 3. The summed E-state index contributed by atoms with van der Waals surface area (Å²) in [5.41, 5.74) is -0.0170. The number of hydrogen-bond acceptors (Lipinski definition) is 7. The number of β-lactam (4-membered cyclic amide) rings is 1. The number of carboxylic acids is 1. The molecule has 0 aromatic heterocycles. The Hall–Kier alpha value is -1.63. The average Bonchev–Trinajstić information content (AvgIpc) is 3.23. The second-order valence-electron chi connectivity index (χ2n) is 8.51. The number of hydrogen-bond donors (Lipinski definition) is 3. The highest BCUT2D eigenvalue weighted by Gasteiger charge is 2.60. The molecule has 3 N–H and O–H groups in total. The lowest BCUT2D eigenvalue weighted by atomic mass is 9.78. The zero-order valence-electron chi connectivity index (χ0n) is 18.3. The number of fused-ring (bicyclic) bond motifs is 1. The summed E-state index contributed by atoms with van der Waals surface area (Å²) in [6.45, 7) is 5.60. The van der Waals surface area contributed by atoms with Gasteiger partial charge in [-0.2, -0.15) is 0 Å². The van der Waals surface area contributed by atoms with Crippen molar-refractivity contribution in [1.82, 2.24) is 19.8 Å². The Morgan fingerprint density at radius 2 is 2.03 bits per heavy atom. The van der Waals surface area contributed by atoms with Crippen LogP contribution in [0.3, 0.4) is 0 Å². The summed E-state index contributed by atoms with van der Waals surface area (Å²) in [7, 11) is -0.106. The van der Waals surface area contributed by atoms with Crippen LogP contribution in [-0.2, 0) is 24.4 Å². The van der Waals surface area contributed by atoms with Gasteiger partial charge in [-0.3, -0.25) is 9.59 Å². The van der Waals surface area contributed by atoms with Gasteiger partial charge in [0, 0.05) is 42.8 Å². The molecule has 3 aliphatic heterocycles. The molecule has 2 fully saturated rings. The van der Waals surface area contributed by atoms with E-state index in [1.54, 1.807) is 21.0 Å². The first-order valence-corrected chi connectivity index (χ1v) is 12.8. The van der Waals surface area contributed by atoms with Crippen molar-refractivity contribution in [3.05, 3.63) is 10.6 Å². The van der Waals surface area contributed by atoms with Crippen LogP contribution in [0.5, 0.6) is 0 Å². The van der Waals surface area contributed by atoms with Crippen molar-refractivity contribution < 1.29 is 27.9 Å². The topological polar surface area (TPSA) is 136 Å². The molecule has 0 aromatic rings. The van der Waals surface area contributed by atoms with Gasteiger partial charge in [-0.15, -0.1) is 11.8 Å². The van der Waals surface area contributed by atoms with Gasteiger partial charge in [0.2, 0.25) is 21.8 Å². The van der Waals surface area contributed by atoms with E-state index in [9.17, 15) is 27.9 Å². The van der Waals surface area contributed by atoms with Crippen molar-refractivity contribution in [3.63, 3.8) is 0 Å². The molecule has 0 bridgehead atoms. The molecule has 12 heteroatoms. The Morgan fingerprint density at radius 3 is 2.58 bits per heavy atom. The zero-order chi connectivity index (χ0) is 23.2. The minimum atomic E-state index is -3.49. The van der Waals surface area contributed by atoms with Gasteiger partial charge in [-0.05, 0) is 20.3 Å². The number of thioether (sulfide) groups is 1. The molecule has 2 saturated heterocycles. The van der Waals surface area contributed by atoms with Gasteiger partial charge in [-0.1, -0.05) is 6.92 Å². The van der Waals surface area contributed by atoms with Crippen molar-refractivity contribution in [3.8, 4) is 0 Å². The predicted molar refractivity (Wildman–Crippen MR) is 116 cm³/mol. The van der Waals surface area contributed by atoms with Gasteiger partial charge >= 0.3 is 5.97 Å². The van der Waals surface area contributed by atoms with Crippen LogP contribution in [0.1, 0.15) is 27.2 Å². The molecular weight excluding hydrogens is 444 g/mol. The lowest BCUT2D eigenvalue weighted by molar-refractivity contribution is -0.157. The normalized spacial score (nSPS) is 31.5. The molecule has 10 nitrogen and oxygen atoms in total. The second-order valence-corrected chi connectivity index (χ2v) is 11.9. The number of nitrogens with zero attached hydrogens (tertiary/aromatic N) is 2. The van der Waals surface area contributed by atoms with E-state index in [1.807, 2.05) is 6.92 Å². The summed E-state index contributed by atoms with van der Waals surface area (Å²) in [5.74, 6) is -2.52. The second kappa shape index (κ2) is 8.72. The molecule has 0 aromatic carbocycles. The Balaban J connectivity index is 1.78. The molecule has 6 atom stereocenters. The van der Waals surface area contributed by atoms with E-state index < -0.39 is 34.0 Å². The number of amides is 2. The van der Waals surface area contributed by atoms with Crippen LogP contribution in [-0.4, -0.2) is 90.9 Å². The first-order valence-electron chi connectivity index (χ1n) is 10.3. The highest BCUT2D eigenvalue weighted by Crippen LogP contribution is 2.51. The van der Waals surface area contributed by atoms with E-state index in [0.29, 0.717) is 17.9 Å². The lowest BCUT2D eigenvalue weighted by Crippen LogP contribution is -2.66. The molecule has 31 heavy (non-hydrogen) atoms. The Morgan fingerprint density at radius 1 is 1.39 bits per heavy atom. The van der Waals surface area contributed by atoms with Crippen molar-refractivity contribution in [2.45, 2.75) is 50.6 Å². The van der Waals surface area contributed by atoms with E-state index in [1.165, 1.54) is 28.5 Å². The highest BCUT2D eigenvalue weighted by molar-refractivity contribution is 8.03. The number of carboxylic acid groups (broad SMARTS) is 1. The van der Waals surface area contributed by atoms with Crippen LogP contribution in [0.2, 0.25) is 0 Å². The van der Waals surface area contributed by atoms with E-state index in [0.717, 1.165) is 0 Å². The van der Waals surface area contributed by atoms with Gasteiger partial charge in [0.05, 0.1) is 23.8 Å². The molecule has 174 valence electrons. The summed E-state index contributed by atoms with van der Waals surface area (Å²) >= 11 is 1.41. The van der Waals surface area contributed by atoms with Crippen molar-refractivity contribution in [1.29, 1.82) is 0 Å². The number of likely N-dealkylation sites (N-methyl/N-ethyl adjacent to an activating group) is 1. The minimum Gasteiger partial charge on any atom is -0.477 e. The van der Waals surface area contributed by atoms with Crippen LogP contribution in [0, 0.1) is 11.8 Å². The molecule has 3 rings (SSSR count). The summed E-state index contributed by atoms with van der Waals surface area (Å²) in [4.78, 5) is 40.5. The maximum atomic E-state index is 12.8.